The molecule has 1 N–H and O–H groups in total. The average molecular weight is 405 g/mol. The van der Waals surface area contributed by atoms with Crippen LogP contribution < -0.4 is 11.2 Å². The van der Waals surface area contributed by atoms with Gasteiger partial charge in [0.15, 0.2) is 18.4 Å². The smallest absolute Gasteiger partial charge is 0.330 e. The van der Waals surface area contributed by atoms with Crippen molar-refractivity contribution in [1.82, 2.24) is 9.55 Å². The highest BCUT2D eigenvalue weighted by Crippen LogP contribution is 2.33. The van der Waals surface area contributed by atoms with E-state index in [4.69, 9.17) is 30.5 Å². The second-order valence-corrected chi connectivity index (χ2v) is 6.07. The van der Waals surface area contributed by atoms with Crippen LogP contribution >= 0.6 is 11.6 Å². The topological polar surface area (TPSA) is 143 Å². The van der Waals surface area contributed by atoms with Gasteiger partial charge in [-0.25, -0.2) is 4.79 Å². The molecule has 12 heteroatoms. The fourth-order valence-electron chi connectivity index (χ4n) is 2.57. The van der Waals surface area contributed by atoms with Gasteiger partial charge in [-0.15, -0.1) is 0 Å². The number of nitrogens with zero attached hydrogens (tertiary/aromatic N) is 1. The molecule has 1 aromatic heterocycles. The Morgan fingerprint density at radius 3 is 2.26 bits per heavy atom. The summed E-state index contributed by atoms with van der Waals surface area (Å²) < 4.78 is 21.8. The third kappa shape index (κ3) is 4.95. The molecule has 0 radical (unpaired) electrons. The highest BCUT2D eigenvalue weighted by molar-refractivity contribution is 6.30. The lowest BCUT2D eigenvalue weighted by Crippen LogP contribution is -2.42. The SMILES string of the molecule is CC(=O)OC[C@H]1O[C@@H](n2cc(Cl)c(=O)[nH]c2=O)[C@H](OC(C)=O)[C@@H]1OC(C)=O. The second kappa shape index (κ2) is 8.35. The van der Waals surface area contributed by atoms with Crippen LogP contribution in [0.4, 0.5) is 0 Å². The number of nitrogens with one attached hydrogen (secondary N) is 1. The molecule has 1 saturated heterocycles. The number of carbonyl (C=O) groups is 3. The molecule has 1 aliphatic rings. The molecule has 1 fully saturated rings. The van der Waals surface area contributed by atoms with Gasteiger partial charge in [0.2, 0.25) is 0 Å². The van der Waals surface area contributed by atoms with Gasteiger partial charge in [0.25, 0.3) is 5.56 Å². The molecule has 0 saturated carbocycles. The van der Waals surface area contributed by atoms with E-state index in [1.54, 1.807) is 0 Å². The van der Waals surface area contributed by atoms with Crippen molar-refractivity contribution in [2.24, 2.45) is 0 Å². The van der Waals surface area contributed by atoms with Crippen molar-refractivity contribution < 1.29 is 33.3 Å². The zero-order chi connectivity index (χ0) is 20.3. The Kier molecular flexibility index (Phi) is 6.39. The van der Waals surface area contributed by atoms with Crippen LogP contribution in [0.3, 0.4) is 0 Å². The standard InChI is InChI=1S/C15H17ClN2O9/c1-6(19)24-5-10-11(25-7(2)20)12(26-8(3)21)14(27-10)18-4-9(16)13(22)17-15(18)23/h4,10-12,14H,5H2,1-3H3,(H,17,22,23)/t10-,11-,12-,14-/m1/s1. The van der Waals surface area contributed by atoms with Gasteiger partial charge in [0, 0.05) is 27.0 Å². The number of halogens is 1. The normalized spacial score (nSPS) is 24.3. The Balaban J connectivity index is 2.47. The van der Waals surface area contributed by atoms with E-state index in [0.29, 0.717) is 0 Å². The number of ether oxygens (including phenoxy) is 4. The first-order valence-electron chi connectivity index (χ1n) is 7.74. The number of H-pyrrole nitrogens is 1. The molecule has 1 aliphatic heterocycles. The quantitative estimate of drug-likeness (QED) is 0.508. The minimum atomic E-state index is -1.29. The van der Waals surface area contributed by atoms with Crippen LogP contribution in [0.25, 0.3) is 0 Å². The van der Waals surface area contributed by atoms with Crippen molar-refractivity contribution in [3.8, 4) is 0 Å². The van der Waals surface area contributed by atoms with E-state index in [0.717, 1.165) is 24.6 Å². The molecule has 0 aromatic carbocycles. The minimum Gasteiger partial charge on any atom is -0.463 e. The summed E-state index contributed by atoms with van der Waals surface area (Å²) in [5.41, 5.74) is -1.70. The number of hydrogen-bond donors (Lipinski definition) is 1. The van der Waals surface area contributed by atoms with Crippen molar-refractivity contribution in [3.63, 3.8) is 0 Å². The summed E-state index contributed by atoms with van der Waals surface area (Å²) in [6.07, 6.45) is -3.76. The van der Waals surface area contributed by atoms with E-state index in [2.05, 4.69) is 0 Å². The first-order chi connectivity index (χ1) is 12.6. The van der Waals surface area contributed by atoms with Crippen LogP contribution in [0, 0.1) is 0 Å². The highest BCUT2D eigenvalue weighted by Gasteiger charge is 2.51. The van der Waals surface area contributed by atoms with Gasteiger partial charge in [-0.05, 0) is 0 Å². The summed E-state index contributed by atoms with van der Waals surface area (Å²) in [5, 5.41) is -0.313. The van der Waals surface area contributed by atoms with Crippen LogP contribution in [0.1, 0.15) is 27.0 Å². The zero-order valence-corrected chi connectivity index (χ0v) is 15.3. The highest BCUT2D eigenvalue weighted by atomic mass is 35.5. The Hall–Kier alpha value is -2.66. The Bertz CT molecular complexity index is 862. The fourth-order valence-corrected chi connectivity index (χ4v) is 2.72. The first-order valence-corrected chi connectivity index (χ1v) is 8.12. The number of aromatic nitrogens is 2. The average Bonchev–Trinajstić information content (AvgIpc) is 2.85. The van der Waals surface area contributed by atoms with E-state index < -0.39 is 53.7 Å². The predicted molar refractivity (Wildman–Crippen MR) is 88.0 cm³/mol. The van der Waals surface area contributed by atoms with Gasteiger partial charge in [-0.1, -0.05) is 11.6 Å². The lowest BCUT2D eigenvalue weighted by Gasteiger charge is -2.23. The first kappa shape index (κ1) is 20.6. The van der Waals surface area contributed by atoms with Crippen LogP contribution in [-0.4, -0.2) is 52.4 Å². The van der Waals surface area contributed by atoms with Gasteiger partial charge in [-0.2, -0.15) is 0 Å². The lowest BCUT2D eigenvalue weighted by molar-refractivity contribution is -0.166. The number of carbonyl (C=O) groups excluding carboxylic acids is 3. The Labute approximate surface area is 157 Å². The monoisotopic (exact) mass is 404 g/mol. The van der Waals surface area contributed by atoms with E-state index in [1.807, 2.05) is 4.98 Å². The molecule has 4 atom stereocenters. The van der Waals surface area contributed by atoms with Gasteiger partial charge < -0.3 is 18.9 Å². The number of aromatic amines is 1. The molecule has 0 spiro atoms. The van der Waals surface area contributed by atoms with Gasteiger partial charge >= 0.3 is 23.6 Å². The molecule has 0 bridgehead atoms. The van der Waals surface area contributed by atoms with Gasteiger partial charge in [-0.3, -0.25) is 28.7 Å². The molecular weight excluding hydrogens is 388 g/mol. The zero-order valence-electron chi connectivity index (χ0n) is 14.6. The van der Waals surface area contributed by atoms with E-state index in [9.17, 15) is 24.0 Å². The van der Waals surface area contributed by atoms with E-state index in [1.165, 1.54) is 6.92 Å². The summed E-state index contributed by atoms with van der Waals surface area (Å²) in [6, 6.07) is 0. The lowest BCUT2D eigenvalue weighted by atomic mass is 10.1. The molecule has 1 aromatic rings. The van der Waals surface area contributed by atoms with E-state index >= 15 is 0 Å². The maximum atomic E-state index is 12.1. The van der Waals surface area contributed by atoms with Gasteiger partial charge in [0.05, 0.1) is 0 Å². The summed E-state index contributed by atoms with van der Waals surface area (Å²) in [5.74, 6) is -2.06. The summed E-state index contributed by atoms with van der Waals surface area (Å²) in [7, 11) is 0. The molecule has 0 aliphatic carbocycles. The van der Waals surface area contributed by atoms with Crippen molar-refractivity contribution in [1.29, 1.82) is 0 Å². The van der Waals surface area contributed by atoms with Crippen LogP contribution in [0.15, 0.2) is 15.8 Å². The summed E-state index contributed by atoms with van der Waals surface area (Å²) in [6.45, 7) is 3.09. The summed E-state index contributed by atoms with van der Waals surface area (Å²) >= 11 is 5.76. The number of hydrogen-bond acceptors (Lipinski definition) is 9. The maximum Gasteiger partial charge on any atom is 0.330 e. The molecule has 2 heterocycles. The minimum absolute atomic E-state index is 0.313. The van der Waals surface area contributed by atoms with Crippen molar-refractivity contribution >= 4 is 29.5 Å². The summed E-state index contributed by atoms with van der Waals surface area (Å²) in [4.78, 5) is 59.7. The fraction of sp³-hybridized carbons (Fsp3) is 0.533. The van der Waals surface area contributed by atoms with Crippen LogP contribution in [-0.2, 0) is 33.3 Å². The second-order valence-electron chi connectivity index (χ2n) is 5.66. The van der Waals surface area contributed by atoms with Crippen LogP contribution in [0.2, 0.25) is 5.02 Å². The molecule has 0 unspecified atom stereocenters. The van der Waals surface area contributed by atoms with E-state index in [-0.39, 0.29) is 11.6 Å². The van der Waals surface area contributed by atoms with Gasteiger partial charge in [0.1, 0.15) is 17.7 Å². The molecule has 2 rings (SSSR count). The van der Waals surface area contributed by atoms with Crippen molar-refractivity contribution in [2.75, 3.05) is 6.61 Å². The Morgan fingerprint density at radius 2 is 1.70 bits per heavy atom. The maximum absolute atomic E-state index is 12.1. The number of rotatable bonds is 5. The third-order valence-electron chi connectivity index (χ3n) is 3.54. The molecular formula is C15H17ClN2O9. The molecule has 0 amide bonds. The van der Waals surface area contributed by atoms with Crippen molar-refractivity contribution in [2.45, 2.75) is 45.3 Å². The Morgan fingerprint density at radius 1 is 1.11 bits per heavy atom. The number of esters is 3. The molecule has 27 heavy (non-hydrogen) atoms. The molecule has 11 nitrogen and oxygen atoms in total. The third-order valence-corrected chi connectivity index (χ3v) is 3.81. The molecule has 148 valence electrons. The van der Waals surface area contributed by atoms with Crippen LogP contribution in [0.5, 0.6) is 0 Å². The van der Waals surface area contributed by atoms with Crippen molar-refractivity contribution in [3.05, 3.63) is 32.1 Å². The predicted octanol–water partition coefficient (Wildman–Crippen LogP) is -0.486. The largest absolute Gasteiger partial charge is 0.463 e.